The maximum atomic E-state index is 13.3. The van der Waals surface area contributed by atoms with E-state index in [0.29, 0.717) is 23.5 Å². The summed E-state index contributed by atoms with van der Waals surface area (Å²) >= 11 is 0. The number of aryl methyl sites for hydroxylation is 1. The Morgan fingerprint density at radius 1 is 1.30 bits per heavy atom. The second kappa shape index (κ2) is 6.48. The van der Waals surface area contributed by atoms with Crippen LogP contribution >= 0.6 is 0 Å². The zero-order valence-corrected chi connectivity index (χ0v) is 11.6. The Morgan fingerprint density at radius 3 is 2.85 bits per heavy atom. The molecule has 1 aromatic heterocycles. The highest BCUT2D eigenvalue weighted by Crippen LogP contribution is 2.27. The summed E-state index contributed by atoms with van der Waals surface area (Å²) in [5.74, 6) is 0.244. The first kappa shape index (κ1) is 14.5. The van der Waals surface area contributed by atoms with Crippen molar-refractivity contribution in [3.63, 3.8) is 0 Å². The number of hydrogen-bond donors (Lipinski definition) is 1. The third-order valence-electron chi connectivity index (χ3n) is 3.06. The van der Waals surface area contributed by atoms with Gasteiger partial charge in [0.1, 0.15) is 17.7 Å². The van der Waals surface area contributed by atoms with Gasteiger partial charge >= 0.3 is 0 Å². The van der Waals surface area contributed by atoms with Crippen molar-refractivity contribution in [2.75, 3.05) is 6.61 Å². The third kappa shape index (κ3) is 3.33. The van der Waals surface area contributed by atoms with Crippen LogP contribution in [0.2, 0.25) is 0 Å². The second-order valence-electron chi connectivity index (χ2n) is 4.71. The van der Waals surface area contributed by atoms with E-state index in [0.717, 1.165) is 12.0 Å². The predicted molar refractivity (Wildman–Crippen MR) is 75.2 cm³/mol. The van der Waals surface area contributed by atoms with Gasteiger partial charge in [0.05, 0.1) is 12.8 Å². The number of hydrogen-bond acceptors (Lipinski definition) is 3. The number of rotatable bonds is 5. The quantitative estimate of drug-likeness (QED) is 0.909. The largest absolute Gasteiger partial charge is 0.492 e. The molecule has 2 rings (SSSR count). The lowest BCUT2D eigenvalue weighted by molar-refractivity contribution is 0.217. The molecule has 2 aromatic rings. The van der Waals surface area contributed by atoms with Crippen molar-refractivity contribution in [1.29, 1.82) is 0 Å². The summed E-state index contributed by atoms with van der Waals surface area (Å²) < 4.78 is 18.8. The summed E-state index contributed by atoms with van der Waals surface area (Å²) in [7, 11) is 0. The van der Waals surface area contributed by atoms with Gasteiger partial charge in [0.25, 0.3) is 0 Å². The molecule has 0 amide bonds. The molecule has 4 heteroatoms. The Balaban J connectivity index is 2.28. The summed E-state index contributed by atoms with van der Waals surface area (Å²) in [6, 6.07) is 6.11. The molecule has 20 heavy (non-hydrogen) atoms. The van der Waals surface area contributed by atoms with Gasteiger partial charge in [-0.3, -0.25) is 4.98 Å². The van der Waals surface area contributed by atoms with Crippen molar-refractivity contribution >= 4 is 0 Å². The number of ether oxygens (including phenoxy) is 1. The first-order valence-electron chi connectivity index (χ1n) is 6.63. The summed E-state index contributed by atoms with van der Waals surface area (Å²) in [5, 5.41) is 10.4. The van der Waals surface area contributed by atoms with E-state index in [1.165, 1.54) is 12.1 Å². The number of pyridine rings is 1. The summed E-state index contributed by atoms with van der Waals surface area (Å²) in [6.07, 6.45) is 3.15. The normalized spacial score (nSPS) is 12.2. The van der Waals surface area contributed by atoms with Crippen molar-refractivity contribution in [3.05, 3.63) is 59.2 Å². The molecule has 0 aliphatic heterocycles. The summed E-state index contributed by atoms with van der Waals surface area (Å²) in [5.41, 5.74) is 1.96. The van der Waals surface area contributed by atoms with Gasteiger partial charge in [0.15, 0.2) is 0 Å². The van der Waals surface area contributed by atoms with Crippen LogP contribution in [-0.2, 0) is 0 Å². The van der Waals surface area contributed by atoms with Gasteiger partial charge in [-0.1, -0.05) is 13.0 Å². The van der Waals surface area contributed by atoms with Crippen LogP contribution in [0.15, 0.2) is 36.7 Å². The molecule has 1 unspecified atom stereocenters. The lowest BCUT2D eigenvalue weighted by atomic mass is 9.98. The smallest absolute Gasteiger partial charge is 0.137 e. The third-order valence-corrected chi connectivity index (χ3v) is 3.06. The van der Waals surface area contributed by atoms with Crippen LogP contribution < -0.4 is 4.74 Å². The maximum absolute atomic E-state index is 13.3. The van der Waals surface area contributed by atoms with Gasteiger partial charge in [0, 0.05) is 11.8 Å². The molecule has 0 saturated heterocycles. The average Bonchev–Trinajstić information content (AvgIpc) is 2.47. The van der Waals surface area contributed by atoms with Crippen LogP contribution in [0.5, 0.6) is 5.75 Å². The van der Waals surface area contributed by atoms with E-state index in [4.69, 9.17) is 4.74 Å². The molecular weight excluding hydrogens is 257 g/mol. The minimum atomic E-state index is -0.914. The van der Waals surface area contributed by atoms with Gasteiger partial charge in [-0.25, -0.2) is 4.39 Å². The predicted octanol–water partition coefficient (Wildman–Crippen LogP) is 3.40. The molecule has 0 saturated carbocycles. The summed E-state index contributed by atoms with van der Waals surface area (Å²) in [4.78, 5) is 4.06. The second-order valence-corrected chi connectivity index (χ2v) is 4.71. The first-order valence-corrected chi connectivity index (χ1v) is 6.63. The highest BCUT2D eigenvalue weighted by Gasteiger charge is 2.15. The number of halogens is 1. The molecule has 0 bridgehead atoms. The maximum Gasteiger partial charge on any atom is 0.137 e. The van der Waals surface area contributed by atoms with Crippen LogP contribution in [0.4, 0.5) is 4.39 Å². The fraction of sp³-hybridized carbons (Fsp3) is 0.312. The van der Waals surface area contributed by atoms with Crippen LogP contribution in [0.25, 0.3) is 0 Å². The van der Waals surface area contributed by atoms with E-state index in [1.54, 1.807) is 24.5 Å². The molecule has 106 valence electrons. The fourth-order valence-corrected chi connectivity index (χ4v) is 1.97. The molecule has 0 aliphatic rings. The van der Waals surface area contributed by atoms with Gasteiger partial charge in [0.2, 0.25) is 0 Å². The highest BCUT2D eigenvalue weighted by atomic mass is 19.1. The van der Waals surface area contributed by atoms with Crippen molar-refractivity contribution in [3.8, 4) is 5.75 Å². The Hall–Kier alpha value is -1.94. The van der Waals surface area contributed by atoms with E-state index >= 15 is 0 Å². The van der Waals surface area contributed by atoms with Crippen molar-refractivity contribution in [1.82, 2.24) is 4.98 Å². The number of nitrogens with zero attached hydrogens (tertiary/aromatic N) is 1. The molecule has 0 spiro atoms. The number of aliphatic hydroxyl groups excluding tert-OH is 1. The molecule has 1 N–H and O–H groups in total. The van der Waals surface area contributed by atoms with Crippen LogP contribution in [-0.4, -0.2) is 16.7 Å². The Kier molecular flexibility index (Phi) is 4.69. The minimum absolute atomic E-state index is 0.365. The van der Waals surface area contributed by atoms with E-state index in [2.05, 4.69) is 4.98 Å². The van der Waals surface area contributed by atoms with Gasteiger partial charge in [-0.15, -0.1) is 0 Å². The van der Waals surface area contributed by atoms with E-state index < -0.39 is 6.10 Å². The van der Waals surface area contributed by atoms with Gasteiger partial charge in [-0.2, -0.15) is 0 Å². The topological polar surface area (TPSA) is 42.4 Å². The van der Waals surface area contributed by atoms with Crippen LogP contribution in [0.3, 0.4) is 0 Å². The molecule has 1 atom stereocenters. The van der Waals surface area contributed by atoms with E-state index in [-0.39, 0.29) is 5.82 Å². The molecule has 0 radical (unpaired) electrons. The standard InChI is InChI=1S/C16H18FNO2/c1-3-6-20-14-7-12(9-18-10-14)16(19)15-8-13(17)5-4-11(15)2/h4-5,7-10,16,19H,3,6H2,1-2H3. The van der Waals surface area contributed by atoms with E-state index in [9.17, 15) is 9.50 Å². The van der Waals surface area contributed by atoms with Gasteiger partial charge in [-0.05, 0) is 42.7 Å². The number of benzene rings is 1. The Morgan fingerprint density at radius 2 is 2.10 bits per heavy atom. The van der Waals surface area contributed by atoms with Crippen molar-refractivity contribution in [2.24, 2.45) is 0 Å². The summed E-state index contributed by atoms with van der Waals surface area (Å²) in [6.45, 7) is 4.45. The first-order chi connectivity index (χ1) is 9.61. The van der Waals surface area contributed by atoms with E-state index in [1.807, 2.05) is 13.8 Å². The minimum Gasteiger partial charge on any atom is -0.492 e. The number of aliphatic hydroxyl groups is 1. The Bertz CT molecular complexity index is 586. The zero-order chi connectivity index (χ0) is 14.5. The molecule has 0 aliphatic carbocycles. The molecule has 1 heterocycles. The zero-order valence-electron chi connectivity index (χ0n) is 11.6. The van der Waals surface area contributed by atoms with Crippen molar-refractivity contribution < 1.29 is 14.2 Å². The molecular formula is C16H18FNO2. The lowest BCUT2D eigenvalue weighted by Crippen LogP contribution is -2.04. The van der Waals surface area contributed by atoms with Gasteiger partial charge < -0.3 is 9.84 Å². The SMILES string of the molecule is CCCOc1cncc(C(O)c2cc(F)ccc2C)c1. The monoisotopic (exact) mass is 275 g/mol. The number of aromatic nitrogens is 1. The highest BCUT2D eigenvalue weighted by molar-refractivity contribution is 5.36. The van der Waals surface area contributed by atoms with Crippen LogP contribution in [0.1, 0.15) is 36.1 Å². The lowest BCUT2D eigenvalue weighted by Gasteiger charge is -2.15. The van der Waals surface area contributed by atoms with Crippen LogP contribution in [0, 0.1) is 12.7 Å². The molecule has 0 fully saturated rings. The Labute approximate surface area is 118 Å². The molecule has 3 nitrogen and oxygen atoms in total. The average molecular weight is 275 g/mol. The fourth-order valence-electron chi connectivity index (χ4n) is 1.97. The van der Waals surface area contributed by atoms with Crippen molar-refractivity contribution in [2.45, 2.75) is 26.4 Å². The molecule has 1 aromatic carbocycles.